The average Bonchev–Trinajstić information content (AvgIpc) is 3.11. The zero-order chi connectivity index (χ0) is 18.9. The standard InChI is InChI=1S/C17H25ClN4O2S2/c1-13-17(26(23,24)21-9-5-4-6-10-21)14(2)22(19-13)12-20(3)11-15-7-8-16(18)25-15/h7-8H,4-6,9-12H2,1-3H3/p+1. The van der Waals surface area contributed by atoms with Crippen molar-refractivity contribution in [2.24, 2.45) is 0 Å². The van der Waals surface area contributed by atoms with E-state index in [0.717, 1.165) is 35.8 Å². The van der Waals surface area contributed by atoms with Crippen LogP contribution in [0.15, 0.2) is 17.0 Å². The van der Waals surface area contributed by atoms with Crippen LogP contribution in [0.5, 0.6) is 0 Å². The fourth-order valence-corrected chi connectivity index (χ4v) is 6.59. The predicted octanol–water partition coefficient (Wildman–Crippen LogP) is 2.06. The molecular weight excluding hydrogens is 392 g/mol. The molecule has 26 heavy (non-hydrogen) atoms. The molecular formula is C17H26ClN4O2S2+. The fraction of sp³-hybridized carbons (Fsp3) is 0.588. The van der Waals surface area contributed by atoms with Crippen LogP contribution in [0.3, 0.4) is 0 Å². The first kappa shape index (κ1) is 19.8. The summed E-state index contributed by atoms with van der Waals surface area (Å²) in [6, 6.07) is 3.94. The lowest BCUT2D eigenvalue weighted by Gasteiger charge is -2.26. The van der Waals surface area contributed by atoms with Crippen LogP contribution in [-0.4, -0.2) is 42.6 Å². The van der Waals surface area contributed by atoms with Crippen molar-refractivity contribution in [1.29, 1.82) is 0 Å². The molecule has 1 atom stereocenters. The summed E-state index contributed by atoms with van der Waals surface area (Å²) in [4.78, 5) is 2.80. The van der Waals surface area contributed by atoms with Crippen molar-refractivity contribution in [3.63, 3.8) is 0 Å². The van der Waals surface area contributed by atoms with Gasteiger partial charge in [-0.25, -0.2) is 13.1 Å². The second-order valence-corrected chi connectivity index (χ2v) is 10.6. The van der Waals surface area contributed by atoms with Crippen molar-refractivity contribution in [3.05, 3.63) is 32.7 Å². The van der Waals surface area contributed by atoms with Gasteiger partial charge in [0, 0.05) is 13.1 Å². The Morgan fingerprint density at radius 3 is 2.54 bits per heavy atom. The zero-order valence-corrected chi connectivity index (χ0v) is 17.8. The number of rotatable bonds is 6. The first-order chi connectivity index (χ1) is 12.3. The number of aryl methyl sites for hydroxylation is 1. The highest BCUT2D eigenvalue weighted by Gasteiger charge is 2.32. The summed E-state index contributed by atoms with van der Waals surface area (Å²) in [6.45, 7) is 6.29. The number of aromatic nitrogens is 2. The second kappa shape index (κ2) is 7.98. The summed E-state index contributed by atoms with van der Waals surface area (Å²) in [6.07, 6.45) is 2.97. The summed E-state index contributed by atoms with van der Waals surface area (Å²) < 4.78 is 30.4. The van der Waals surface area contributed by atoms with Gasteiger partial charge in [0.1, 0.15) is 11.4 Å². The second-order valence-electron chi connectivity index (χ2n) is 6.96. The molecule has 0 aliphatic carbocycles. The summed E-state index contributed by atoms with van der Waals surface area (Å²) in [5.41, 5.74) is 1.30. The van der Waals surface area contributed by atoms with Gasteiger partial charge in [-0.15, -0.1) is 11.3 Å². The number of thiophene rings is 1. The molecule has 3 rings (SSSR count). The van der Waals surface area contributed by atoms with Crippen LogP contribution < -0.4 is 4.90 Å². The molecule has 0 radical (unpaired) electrons. The van der Waals surface area contributed by atoms with E-state index < -0.39 is 10.0 Å². The third-order valence-corrected chi connectivity index (χ3v) is 8.14. The van der Waals surface area contributed by atoms with E-state index in [9.17, 15) is 8.42 Å². The molecule has 0 bridgehead atoms. The summed E-state index contributed by atoms with van der Waals surface area (Å²) in [5, 5.41) is 4.53. The monoisotopic (exact) mass is 417 g/mol. The highest BCUT2D eigenvalue weighted by molar-refractivity contribution is 7.89. The number of piperidine rings is 1. The van der Waals surface area contributed by atoms with Crippen LogP contribution in [0.25, 0.3) is 0 Å². The number of quaternary nitrogens is 1. The molecule has 1 N–H and O–H groups in total. The quantitative estimate of drug-likeness (QED) is 0.782. The van der Waals surface area contributed by atoms with E-state index >= 15 is 0 Å². The first-order valence-corrected chi connectivity index (χ1v) is 11.5. The van der Waals surface area contributed by atoms with Crippen molar-refractivity contribution < 1.29 is 13.3 Å². The molecule has 6 nitrogen and oxygen atoms in total. The SMILES string of the molecule is Cc1nn(C[NH+](C)Cc2ccc(Cl)s2)c(C)c1S(=O)(=O)N1CCCCC1. The van der Waals surface area contributed by atoms with Gasteiger partial charge in [-0.3, -0.25) is 0 Å². The molecule has 2 aromatic heterocycles. The van der Waals surface area contributed by atoms with Crippen LogP contribution in [0.2, 0.25) is 4.34 Å². The number of hydrogen-bond acceptors (Lipinski definition) is 4. The number of hydrogen-bond donors (Lipinski definition) is 1. The van der Waals surface area contributed by atoms with Crippen LogP contribution in [0.1, 0.15) is 35.5 Å². The molecule has 1 aliphatic rings. The molecule has 0 amide bonds. The Labute approximate surface area is 164 Å². The lowest BCUT2D eigenvalue weighted by Crippen LogP contribution is -3.06. The molecule has 144 valence electrons. The molecule has 2 aromatic rings. The third kappa shape index (κ3) is 4.14. The minimum Gasteiger partial charge on any atom is -0.314 e. The molecule has 1 unspecified atom stereocenters. The maximum Gasteiger partial charge on any atom is 0.246 e. The van der Waals surface area contributed by atoms with Crippen molar-refractivity contribution in [1.82, 2.24) is 14.1 Å². The maximum absolute atomic E-state index is 13.1. The average molecular weight is 418 g/mol. The van der Waals surface area contributed by atoms with Gasteiger partial charge in [0.2, 0.25) is 10.0 Å². The third-order valence-electron chi connectivity index (χ3n) is 4.75. The van der Waals surface area contributed by atoms with E-state index in [1.54, 1.807) is 22.6 Å². The highest BCUT2D eigenvalue weighted by Crippen LogP contribution is 2.26. The van der Waals surface area contributed by atoms with Gasteiger partial charge in [0.05, 0.1) is 27.6 Å². The Morgan fingerprint density at radius 2 is 1.92 bits per heavy atom. The van der Waals surface area contributed by atoms with Gasteiger partial charge in [-0.05, 0) is 38.8 Å². The van der Waals surface area contributed by atoms with Gasteiger partial charge in [-0.2, -0.15) is 9.40 Å². The van der Waals surface area contributed by atoms with E-state index in [0.29, 0.717) is 30.3 Å². The normalized spacial score (nSPS) is 17.5. The first-order valence-electron chi connectivity index (χ1n) is 8.88. The summed E-state index contributed by atoms with van der Waals surface area (Å²) >= 11 is 7.57. The van der Waals surface area contributed by atoms with Gasteiger partial charge in [0.15, 0.2) is 6.67 Å². The van der Waals surface area contributed by atoms with E-state index in [1.807, 2.05) is 23.7 Å². The lowest BCUT2D eigenvalue weighted by molar-refractivity contribution is -0.917. The Balaban J connectivity index is 1.79. The Morgan fingerprint density at radius 1 is 1.23 bits per heavy atom. The van der Waals surface area contributed by atoms with E-state index in [1.165, 1.54) is 9.78 Å². The van der Waals surface area contributed by atoms with Crippen LogP contribution in [-0.2, 0) is 23.2 Å². The van der Waals surface area contributed by atoms with Crippen LogP contribution in [0, 0.1) is 13.8 Å². The minimum atomic E-state index is -3.47. The molecule has 0 aromatic carbocycles. The largest absolute Gasteiger partial charge is 0.314 e. The minimum absolute atomic E-state index is 0.381. The fourth-order valence-electron chi connectivity index (χ4n) is 3.50. The molecule has 3 heterocycles. The number of nitrogens with one attached hydrogen (secondary N) is 1. The summed E-state index contributed by atoms with van der Waals surface area (Å²) in [7, 11) is -1.40. The molecule has 9 heteroatoms. The Bertz CT molecular complexity index is 869. The number of nitrogens with zero attached hydrogens (tertiary/aromatic N) is 3. The molecule has 1 saturated heterocycles. The Hall–Kier alpha value is -0.930. The van der Waals surface area contributed by atoms with Gasteiger partial charge < -0.3 is 4.90 Å². The lowest BCUT2D eigenvalue weighted by atomic mass is 10.2. The predicted molar refractivity (Wildman–Crippen MR) is 104 cm³/mol. The number of halogens is 1. The van der Waals surface area contributed by atoms with Gasteiger partial charge in [-0.1, -0.05) is 18.0 Å². The van der Waals surface area contributed by atoms with E-state index in [2.05, 4.69) is 12.1 Å². The molecule has 0 saturated carbocycles. The molecule has 1 aliphatic heterocycles. The van der Waals surface area contributed by atoms with Crippen LogP contribution >= 0.6 is 22.9 Å². The molecule has 0 spiro atoms. The molecule has 1 fully saturated rings. The topological polar surface area (TPSA) is 59.6 Å². The van der Waals surface area contributed by atoms with Gasteiger partial charge >= 0.3 is 0 Å². The van der Waals surface area contributed by atoms with Crippen molar-refractivity contribution in [2.75, 3.05) is 20.1 Å². The summed E-state index contributed by atoms with van der Waals surface area (Å²) in [5.74, 6) is 0. The van der Waals surface area contributed by atoms with Crippen molar-refractivity contribution in [3.8, 4) is 0 Å². The van der Waals surface area contributed by atoms with E-state index in [-0.39, 0.29) is 0 Å². The van der Waals surface area contributed by atoms with Crippen molar-refractivity contribution >= 4 is 33.0 Å². The number of sulfonamides is 1. The zero-order valence-electron chi connectivity index (χ0n) is 15.5. The Kier molecular flexibility index (Phi) is 6.08. The van der Waals surface area contributed by atoms with Crippen LogP contribution in [0.4, 0.5) is 0 Å². The van der Waals surface area contributed by atoms with Gasteiger partial charge in [0.25, 0.3) is 0 Å². The van der Waals surface area contributed by atoms with Crippen molar-refractivity contribution in [2.45, 2.75) is 51.2 Å². The smallest absolute Gasteiger partial charge is 0.246 e. The van der Waals surface area contributed by atoms with E-state index in [4.69, 9.17) is 11.6 Å². The maximum atomic E-state index is 13.1. The highest BCUT2D eigenvalue weighted by atomic mass is 35.5.